The Morgan fingerprint density at radius 1 is 1.38 bits per heavy atom. The van der Waals surface area contributed by atoms with Crippen molar-refractivity contribution in [3.63, 3.8) is 0 Å². The molecular formula is C18H29FN4O. The number of ether oxygens (including phenoxy) is 1. The molecule has 5 nitrogen and oxygen atoms in total. The number of aliphatic imine (C=N–C) groups is 1. The predicted octanol–water partition coefficient (Wildman–Crippen LogP) is 2.39. The second-order valence-electron chi connectivity index (χ2n) is 6.48. The molecule has 0 radical (unpaired) electrons. The van der Waals surface area contributed by atoms with Gasteiger partial charge in [0.05, 0.1) is 11.3 Å². The van der Waals surface area contributed by atoms with E-state index in [1.54, 1.807) is 19.2 Å². The summed E-state index contributed by atoms with van der Waals surface area (Å²) in [6.07, 6.45) is 3.08. The monoisotopic (exact) mass is 336 g/mol. The molecular weight excluding hydrogens is 307 g/mol. The predicted molar refractivity (Wildman–Crippen MR) is 97.2 cm³/mol. The highest BCUT2D eigenvalue weighted by atomic mass is 19.1. The second-order valence-corrected chi connectivity index (χ2v) is 6.48. The Bertz CT molecular complexity index is 544. The fourth-order valence-corrected chi connectivity index (χ4v) is 2.87. The number of anilines is 1. The van der Waals surface area contributed by atoms with E-state index in [1.807, 2.05) is 18.0 Å². The molecule has 0 bridgehead atoms. The Balaban J connectivity index is 1.67. The molecule has 1 aromatic rings. The summed E-state index contributed by atoms with van der Waals surface area (Å²) in [4.78, 5) is 6.17. The first-order valence-corrected chi connectivity index (χ1v) is 8.58. The molecule has 0 amide bonds. The number of para-hydroxylation sites is 1. The van der Waals surface area contributed by atoms with Crippen LogP contribution in [-0.2, 0) is 4.74 Å². The largest absolute Gasteiger partial charge is 0.373 e. The van der Waals surface area contributed by atoms with Crippen molar-refractivity contribution < 1.29 is 9.13 Å². The van der Waals surface area contributed by atoms with Crippen LogP contribution in [0.3, 0.4) is 0 Å². The first-order chi connectivity index (χ1) is 11.5. The third kappa shape index (κ3) is 5.37. The van der Waals surface area contributed by atoms with E-state index in [1.165, 1.54) is 6.07 Å². The molecule has 0 spiro atoms. The van der Waals surface area contributed by atoms with Gasteiger partial charge in [0, 0.05) is 40.3 Å². The van der Waals surface area contributed by atoms with Crippen LogP contribution < -0.4 is 15.5 Å². The average molecular weight is 336 g/mol. The molecule has 134 valence electrons. The average Bonchev–Trinajstić information content (AvgIpc) is 3.01. The lowest BCUT2D eigenvalue weighted by atomic mass is 10.0. The quantitative estimate of drug-likeness (QED) is 0.456. The van der Waals surface area contributed by atoms with Crippen LogP contribution in [-0.4, -0.2) is 51.9 Å². The number of guanidine groups is 1. The third-order valence-corrected chi connectivity index (χ3v) is 4.38. The fraction of sp³-hybridized carbons (Fsp3) is 0.611. The van der Waals surface area contributed by atoms with Crippen LogP contribution in [0, 0.1) is 5.82 Å². The molecule has 1 aromatic carbocycles. The normalized spacial score (nSPS) is 20.9. The highest BCUT2D eigenvalue weighted by Crippen LogP contribution is 2.23. The van der Waals surface area contributed by atoms with E-state index in [4.69, 9.17) is 4.74 Å². The summed E-state index contributed by atoms with van der Waals surface area (Å²) in [7, 11) is 3.67. The van der Waals surface area contributed by atoms with Crippen molar-refractivity contribution in [2.24, 2.45) is 4.99 Å². The van der Waals surface area contributed by atoms with Gasteiger partial charge in [-0.3, -0.25) is 4.99 Å². The molecule has 1 aliphatic heterocycles. The number of halogens is 1. The van der Waals surface area contributed by atoms with Gasteiger partial charge < -0.3 is 20.3 Å². The van der Waals surface area contributed by atoms with Crippen molar-refractivity contribution in [1.29, 1.82) is 0 Å². The Hall–Kier alpha value is -1.82. The van der Waals surface area contributed by atoms with E-state index in [0.717, 1.165) is 51.5 Å². The molecule has 1 aliphatic rings. The summed E-state index contributed by atoms with van der Waals surface area (Å²) >= 11 is 0. The smallest absolute Gasteiger partial charge is 0.191 e. The Morgan fingerprint density at radius 3 is 2.83 bits per heavy atom. The van der Waals surface area contributed by atoms with Crippen LogP contribution in [0.25, 0.3) is 0 Å². The zero-order valence-corrected chi connectivity index (χ0v) is 14.9. The summed E-state index contributed by atoms with van der Waals surface area (Å²) in [5, 5.41) is 6.62. The number of nitrogens with one attached hydrogen (secondary N) is 2. The zero-order chi connectivity index (χ0) is 17.4. The van der Waals surface area contributed by atoms with Crippen LogP contribution in [0.2, 0.25) is 0 Å². The fourth-order valence-electron chi connectivity index (χ4n) is 2.87. The first-order valence-electron chi connectivity index (χ1n) is 8.58. The molecule has 24 heavy (non-hydrogen) atoms. The molecule has 0 saturated carbocycles. The Morgan fingerprint density at radius 2 is 2.17 bits per heavy atom. The number of nitrogens with zero attached hydrogens (tertiary/aromatic N) is 2. The molecule has 1 unspecified atom stereocenters. The highest BCUT2D eigenvalue weighted by molar-refractivity contribution is 5.79. The molecule has 0 aliphatic carbocycles. The summed E-state index contributed by atoms with van der Waals surface area (Å²) in [6.45, 7) is 5.26. The van der Waals surface area contributed by atoms with Gasteiger partial charge in [-0.2, -0.15) is 0 Å². The Labute approximate surface area is 144 Å². The molecule has 1 atom stereocenters. The lowest BCUT2D eigenvalue weighted by Gasteiger charge is -2.25. The van der Waals surface area contributed by atoms with Gasteiger partial charge >= 0.3 is 0 Å². The third-order valence-electron chi connectivity index (χ3n) is 4.38. The minimum absolute atomic E-state index is 0.0946. The van der Waals surface area contributed by atoms with E-state index in [-0.39, 0.29) is 11.4 Å². The highest BCUT2D eigenvalue weighted by Gasteiger charge is 2.29. The van der Waals surface area contributed by atoms with Gasteiger partial charge in [0.15, 0.2) is 5.96 Å². The van der Waals surface area contributed by atoms with Gasteiger partial charge in [0.1, 0.15) is 5.82 Å². The summed E-state index contributed by atoms with van der Waals surface area (Å²) in [5.41, 5.74) is 0.536. The van der Waals surface area contributed by atoms with Crippen LogP contribution >= 0.6 is 0 Å². The van der Waals surface area contributed by atoms with Gasteiger partial charge in [-0.15, -0.1) is 0 Å². The van der Waals surface area contributed by atoms with Crippen LogP contribution in [0.15, 0.2) is 29.3 Å². The summed E-state index contributed by atoms with van der Waals surface area (Å²) < 4.78 is 19.5. The number of hydrogen-bond donors (Lipinski definition) is 2. The van der Waals surface area contributed by atoms with E-state index in [2.05, 4.69) is 22.5 Å². The lowest BCUT2D eigenvalue weighted by Crippen LogP contribution is -2.46. The van der Waals surface area contributed by atoms with Gasteiger partial charge in [-0.1, -0.05) is 12.1 Å². The van der Waals surface area contributed by atoms with Crippen LogP contribution in [0.4, 0.5) is 10.1 Å². The van der Waals surface area contributed by atoms with Crippen molar-refractivity contribution in [1.82, 2.24) is 10.6 Å². The molecule has 0 aromatic heterocycles. The van der Waals surface area contributed by atoms with Crippen molar-refractivity contribution in [2.45, 2.75) is 31.8 Å². The van der Waals surface area contributed by atoms with E-state index in [0.29, 0.717) is 5.69 Å². The Kier molecular flexibility index (Phi) is 6.85. The van der Waals surface area contributed by atoms with Crippen molar-refractivity contribution >= 4 is 11.6 Å². The molecule has 1 saturated heterocycles. The second kappa shape index (κ2) is 8.87. The maximum Gasteiger partial charge on any atom is 0.191 e. The van der Waals surface area contributed by atoms with Crippen LogP contribution in [0.1, 0.15) is 26.2 Å². The van der Waals surface area contributed by atoms with Crippen molar-refractivity contribution in [3.8, 4) is 0 Å². The summed E-state index contributed by atoms with van der Waals surface area (Å²) in [6, 6.07) is 6.84. The molecule has 1 fully saturated rings. The lowest BCUT2D eigenvalue weighted by molar-refractivity contribution is 0.0243. The minimum atomic E-state index is -0.185. The molecule has 1 heterocycles. The SMILES string of the molecule is CN=C(NCCCN(C)c1ccccc1F)NCC1(C)CCCO1. The standard InChI is InChI=1S/C18H29FN4O/c1-18(10-6-13-24-18)14-22-17(20-2)21-11-7-12-23(3)16-9-5-4-8-15(16)19/h4-5,8-9H,6-7,10-14H2,1-3H3,(H2,20,21,22). The van der Waals surface area contributed by atoms with Crippen molar-refractivity contribution in [2.75, 3.05) is 45.2 Å². The van der Waals surface area contributed by atoms with Gasteiger partial charge in [0.2, 0.25) is 0 Å². The molecule has 2 rings (SSSR count). The van der Waals surface area contributed by atoms with E-state index in [9.17, 15) is 4.39 Å². The summed E-state index contributed by atoms with van der Waals surface area (Å²) in [5.74, 6) is 0.593. The molecule has 2 N–H and O–H groups in total. The van der Waals surface area contributed by atoms with Gasteiger partial charge in [-0.25, -0.2) is 4.39 Å². The topological polar surface area (TPSA) is 48.9 Å². The maximum atomic E-state index is 13.7. The van der Waals surface area contributed by atoms with Gasteiger partial charge in [0.25, 0.3) is 0 Å². The van der Waals surface area contributed by atoms with Gasteiger partial charge in [-0.05, 0) is 38.3 Å². The van der Waals surface area contributed by atoms with Crippen LogP contribution in [0.5, 0.6) is 0 Å². The maximum absolute atomic E-state index is 13.7. The minimum Gasteiger partial charge on any atom is -0.373 e. The number of benzene rings is 1. The van der Waals surface area contributed by atoms with E-state index < -0.39 is 0 Å². The molecule has 6 heteroatoms. The number of rotatable bonds is 7. The van der Waals surface area contributed by atoms with Crippen molar-refractivity contribution in [3.05, 3.63) is 30.1 Å². The first kappa shape index (κ1) is 18.5. The zero-order valence-electron chi connectivity index (χ0n) is 14.9. The van der Waals surface area contributed by atoms with E-state index >= 15 is 0 Å². The number of hydrogen-bond acceptors (Lipinski definition) is 3.